The largest absolute Gasteiger partial charge is 0.0885 e. The van der Waals surface area contributed by atoms with Crippen molar-refractivity contribution in [3.63, 3.8) is 0 Å². The van der Waals surface area contributed by atoms with Crippen LogP contribution in [0, 0.1) is 6.42 Å². The first-order chi connectivity index (χ1) is 5.41. The Bertz CT molecular complexity index is 82.0. The lowest BCUT2D eigenvalue weighted by Crippen LogP contribution is -1.71. The van der Waals surface area contributed by atoms with Gasteiger partial charge in [0.1, 0.15) is 0 Å². The Kier molecular flexibility index (Phi) is 9.51. The molecule has 65 valence electrons. The monoisotopic (exact) mass is 153 g/mol. The van der Waals surface area contributed by atoms with Crippen LogP contribution in [-0.2, 0) is 0 Å². The predicted molar refractivity (Wildman–Crippen MR) is 52.5 cm³/mol. The number of unbranched alkanes of at least 4 members (excludes halogenated alkanes) is 5. The maximum atomic E-state index is 2.32. The van der Waals surface area contributed by atoms with E-state index in [0.717, 1.165) is 0 Å². The minimum Gasteiger partial charge on any atom is -0.0885 e. The van der Waals surface area contributed by atoms with E-state index in [-0.39, 0.29) is 0 Å². The van der Waals surface area contributed by atoms with Gasteiger partial charge in [0.25, 0.3) is 0 Å². The van der Waals surface area contributed by atoms with Crippen molar-refractivity contribution in [2.24, 2.45) is 0 Å². The zero-order chi connectivity index (χ0) is 8.36. The van der Waals surface area contributed by atoms with Crippen LogP contribution in [0.15, 0.2) is 12.2 Å². The van der Waals surface area contributed by atoms with Crippen LogP contribution in [0.4, 0.5) is 0 Å². The van der Waals surface area contributed by atoms with Crippen molar-refractivity contribution in [2.75, 3.05) is 0 Å². The first-order valence-electron chi connectivity index (χ1n) is 4.84. The minimum absolute atomic E-state index is 1.22. The van der Waals surface area contributed by atoms with E-state index in [1.54, 1.807) is 0 Å². The van der Waals surface area contributed by atoms with Gasteiger partial charge in [-0.05, 0) is 32.1 Å². The fraction of sp³-hybridized carbons (Fsp3) is 0.727. The second kappa shape index (κ2) is 9.74. The van der Waals surface area contributed by atoms with E-state index in [2.05, 4.69) is 32.4 Å². The molecule has 0 spiro atoms. The molecule has 0 fully saturated rings. The van der Waals surface area contributed by atoms with Gasteiger partial charge < -0.3 is 0 Å². The third kappa shape index (κ3) is 9.74. The molecule has 0 saturated heterocycles. The van der Waals surface area contributed by atoms with Gasteiger partial charge in [-0.25, -0.2) is 0 Å². The summed E-state index contributed by atoms with van der Waals surface area (Å²) in [5.41, 5.74) is 0. The molecule has 11 heavy (non-hydrogen) atoms. The van der Waals surface area contributed by atoms with Crippen LogP contribution in [0.2, 0.25) is 0 Å². The molecular formula is C11H21. The maximum absolute atomic E-state index is 2.32. The Morgan fingerprint density at radius 3 is 2.27 bits per heavy atom. The summed E-state index contributed by atoms with van der Waals surface area (Å²) in [4.78, 5) is 0. The lowest BCUT2D eigenvalue weighted by molar-refractivity contribution is 0.727. The molecule has 0 rings (SSSR count). The number of hydrogen-bond acceptors (Lipinski definition) is 0. The normalized spacial score (nSPS) is 11.1. The first-order valence-corrected chi connectivity index (χ1v) is 4.84. The van der Waals surface area contributed by atoms with Gasteiger partial charge in [0, 0.05) is 0 Å². The Balaban J connectivity index is 2.91. The standard InChI is InChI=1S/C11H21/c1-3-5-7-9-11-10-8-6-4-2/h3,9,11H,4-8,10H2,1-2H3. The Hall–Kier alpha value is -0.260. The molecule has 0 aromatic carbocycles. The summed E-state index contributed by atoms with van der Waals surface area (Å²) in [5, 5.41) is 0. The molecule has 0 aromatic rings. The molecule has 0 unspecified atom stereocenters. The summed E-state index contributed by atoms with van der Waals surface area (Å²) in [7, 11) is 0. The average molecular weight is 153 g/mol. The second-order valence-corrected chi connectivity index (χ2v) is 2.95. The van der Waals surface area contributed by atoms with Crippen LogP contribution in [0.3, 0.4) is 0 Å². The lowest BCUT2D eigenvalue weighted by atomic mass is 10.2. The van der Waals surface area contributed by atoms with E-state index in [1.807, 2.05) is 0 Å². The van der Waals surface area contributed by atoms with Crippen molar-refractivity contribution in [1.82, 2.24) is 0 Å². The van der Waals surface area contributed by atoms with E-state index >= 15 is 0 Å². The number of rotatable bonds is 7. The predicted octanol–water partition coefficient (Wildman–Crippen LogP) is 4.13. The van der Waals surface area contributed by atoms with Crippen LogP contribution in [0.5, 0.6) is 0 Å². The van der Waals surface area contributed by atoms with Gasteiger partial charge in [0.05, 0.1) is 0 Å². The van der Waals surface area contributed by atoms with E-state index in [4.69, 9.17) is 0 Å². The molecule has 0 aliphatic carbocycles. The number of hydrogen-bond donors (Lipinski definition) is 0. The smallest absolute Gasteiger partial charge is 0.0348 e. The van der Waals surface area contributed by atoms with Gasteiger partial charge >= 0.3 is 0 Å². The summed E-state index contributed by atoms with van der Waals surface area (Å²) in [5.74, 6) is 0. The molecule has 0 aromatic heterocycles. The van der Waals surface area contributed by atoms with Crippen molar-refractivity contribution < 1.29 is 0 Å². The van der Waals surface area contributed by atoms with Crippen molar-refractivity contribution in [3.8, 4) is 0 Å². The molecule has 0 bridgehead atoms. The highest BCUT2D eigenvalue weighted by Gasteiger charge is 1.81. The lowest BCUT2D eigenvalue weighted by Gasteiger charge is -1.91. The third-order valence-electron chi connectivity index (χ3n) is 1.76. The molecule has 0 heterocycles. The van der Waals surface area contributed by atoms with Crippen molar-refractivity contribution in [2.45, 2.75) is 52.4 Å². The quantitative estimate of drug-likeness (QED) is 0.381. The molecular weight excluding hydrogens is 132 g/mol. The van der Waals surface area contributed by atoms with Gasteiger partial charge in [0.2, 0.25) is 0 Å². The van der Waals surface area contributed by atoms with Gasteiger partial charge in [-0.3, -0.25) is 0 Å². The van der Waals surface area contributed by atoms with Crippen LogP contribution in [-0.4, -0.2) is 0 Å². The zero-order valence-electron chi connectivity index (χ0n) is 7.97. The Labute approximate surface area is 71.7 Å². The molecule has 0 N–H and O–H groups in total. The molecule has 0 aliphatic rings. The topological polar surface area (TPSA) is 0 Å². The molecule has 0 saturated carbocycles. The van der Waals surface area contributed by atoms with E-state index in [0.29, 0.717) is 0 Å². The van der Waals surface area contributed by atoms with E-state index in [9.17, 15) is 0 Å². The van der Waals surface area contributed by atoms with Gasteiger partial charge in [-0.2, -0.15) is 0 Å². The fourth-order valence-corrected chi connectivity index (χ4v) is 1.01. The van der Waals surface area contributed by atoms with Crippen molar-refractivity contribution in [3.05, 3.63) is 18.6 Å². The summed E-state index contributed by atoms with van der Waals surface area (Å²) < 4.78 is 0. The van der Waals surface area contributed by atoms with Crippen LogP contribution in [0.1, 0.15) is 52.4 Å². The summed E-state index contributed by atoms with van der Waals surface area (Å²) in [6.45, 7) is 4.36. The maximum Gasteiger partial charge on any atom is -0.0348 e. The summed E-state index contributed by atoms with van der Waals surface area (Å²) in [6, 6.07) is 0. The highest BCUT2D eigenvalue weighted by Crippen LogP contribution is 2.01. The SMILES string of the molecule is C[CH]CCC=CCCCCC. The second-order valence-electron chi connectivity index (χ2n) is 2.95. The van der Waals surface area contributed by atoms with E-state index < -0.39 is 0 Å². The van der Waals surface area contributed by atoms with Crippen LogP contribution in [0.25, 0.3) is 0 Å². The Morgan fingerprint density at radius 1 is 0.909 bits per heavy atom. The fourth-order valence-electron chi connectivity index (χ4n) is 1.01. The summed E-state index contributed by atoms with van der Waals surface area (Å²) in [6.07, 6.45) is 14.6. The molecule has 1 radical (unpaired) electrons. The summed E-state index contributed by atoms with van der Waals surface area (Å²) >= 11 is 0. The third-order valence-corrected chi connectivity index (χ3v) is 1.76. The van der Waals surface area contributed by atoms with Crippen LogP contribution < -0.4 is 0 Å². The molecule has 0 heteroatoms. The van der Waals surface area contributed by atoms with Gasteiger partial charge in [0.15, 0.2) is 0 Å². The first kappa shape index (κ1) is 10.7. The minimum atomic E-state index is 1.22. The van der Waals surface area contributed by atoms with Crippen molar-refractivity contribution in [1.29, 1.82) is 0 Å². The van der Waals surface area contributed by atoms with Gasteiger partial charge in [-0.15, -0.1) is 0 Å². The molecule has 0 aliphatic heterocycles. The highest BCUT2D eigenvalue weighted by atomic mass is 13.9. The zero-order valence-corrected chi connectivity index (χ0v) is 7.97. The molecule has 0 nitrogen and oxygen atoms in total. The van der Waals surface area contributed by atoms with E-state index in [1.165, 1.54) is 38.5 Å². The van der Waals surface area contributed by atoms with Crippen molar-refractivity contribution >= 4 is 0 Å². The van der Waals surface area contributed by atoms with Crippen LogP contribution >= 0.6 is 0 Å². The average Bonchev–Trinajstić information content (AvgIpc) is 2.03. The number of allylic oxidation sites excluding steroid dienone is 2. The Morgan fingerprint density at radius 2 is 1.64 bits per heavy atom. The highest BCUT2D eigenvalue weighted by molar-refractivity contribution is 4.82. The molecule has 0 amide bonds. The van der Waals surface area contributed by atoms with Gasteiger partial charge in [-0.1, -0.05) is 38.8 Å². The molecule has 0 atom stereocenters.